The molecule has 0 atom stereocenters. The summed E-state index contributed by atoms with van der Waals surface area (Å²) in [5.74, 6) is 1.42. The van der Waals surface area contributed by atoms with E-state index in [-0.39, 0.29) is 11.0 Å². The molecule has 0 aliphatic heterocycles. The van der Waals surface area contributed by atoms with Gasteiger partial charge in [0.2, 0.25) is 0 Å². The maximum atomic E-state index is 6.25. The van der Waals surface area contributed by atoms with Crippen molar-refractivity contribution in [3.8, 4) is 5.75 Å². The Bertz CT molecular complexity index is 1290. The quantitative estimate of drug-likeness (QED) is 0.500. The molecule has 6 nitrogen and oxygen atoms in total. The van der Waals surface area contributed by atoms with Gasteiger partial charge in [0.15, 0.2) is 5.82 Å². The summed E-state index contributed by atoms with van der Waals surface area (Å²) in [7, 11) is 3.74. The van der Waals surface area contributed by atoms with Gasteiger partial charge in [0.25, 0.3) is 0 Å². The van der Waals surface area contributed by atoms with Crippen molar-refractivity contribution < 1.29 is 4.74 Å². The summed E-state index contributed by atoms with van der Waals surface area (Å²) in [6, 6.07) is 10.5. The zero-order valence-electron chi connectivity index (χ0n) is 19.9. The van der Waals surface area contributed by atoms with Gasteiger partial charge >= 0.3 is 0 Å². The number of benzene rings is 2. The van der Waals surface area contributed by atoms with Gasteiger partial charge in [-0.05, 0) is 61.6 Å². The van der Waals surface area contributed by atoms with Crippen LogP contribution in [0.3, 0.4) is 0 Å². The van der Waals surface area contributed by atoms with Gasteiger partial charge in [-0.25, -0.2) is 0 Å². The molecule has 0 fully saturated rings. The van der Waals surface area contributed by atoms with Crippen molar-refractivity contribution in [2.24, 2.45) is 7.05 Å². The van der Waals surface area contributed by atoms with Crippen molar-refractivity contribution in [3.63, 3.8) is 0 Å². The number of fused-ring (bicyclic) bond motifs is 2. The minimum atomic E-state index is -0.323. The summed E-state index contributed by atoms with van der Waals surface area (Å²) in [5, 5.41) is 11.8. The highest BCUT2D eigenvalue weighted by molar-refractivity contribution is 5.90. The Morgan fingerprint density at radius 3 is 2.35 bits per heavy atom. The molecule has 0 radical (unpaired) electrons. The fraction of sp³-hybridized carbons (Fsp3) is 0.440. The Kier molecular flexibility index (Phi) is 4.80. The van der Waals surface area contributed by atoms with Gasteiger partial charge in [-0.15, -0.1) is 0 Å². The number of aromatic nitrogens is 4. The van der Waals surface area contributed by atoms with Crippen molar-refractivity contribution in [1.29, 1.82) is 0 Å². The lowest BCUT2D eigenvalue weighted by Gasteiger charge is -2.26. The predicted octanol–water partition coefficient (Wildman–Crippen LogP) is 5.10. The van der Waals surface area contributed by atoms with Crippen LogP contribution in [0.4, 0.5) is 5.82 Å². The fourth-order valence-corrected chi connectivity index (χ4v) is 4.48. The fourth-order valence-electron chi connectivity index (χ4n) is 4.48. The van der Waals surface area contributed by atoms with Crippen LogP contribution >= 0.6 is 0 Å². The summed E-state index contributed by atoms with van der Waals surface area (Å²) in [4.78, 5) is 0. The van der Waals surface area contributed by atoms with E-state index >= 15 is 0 Å². The largest absolute Gasteiger partial charge is 0.497 e. The minimum absolute atomic E-state index is 0.0302. The van der Waals surface area contributed by atoms with Crippen LogP contribution in [-0.2, 0) is 24.4 Å². The molecule has 4 aromatic rings. The van der Waals surface area contributed by atoms with Crippen molar-refractivity contribution >= 4 is 27.6 Å². The van der Waals surface area contributed by atoms with E-state index in [0.29, 0.717) is 12.2 Å². The van der Waals surface area contributed by atoms with E-state index in [1.165, 1.54) is 11.1 Å². The number of rotatable bonds is 4. The number of methoxy groups -OCH3 is 1. The molecule has 0 aliphatic rings. The van der Waals surface area contributed by atoms with E-state index in [1.807, 2.05) is 11.7 Å². The molecule has 2 N–H and O–H groups in total. The molecule has 0 saturated carbocycles. The molecule has 6 heteroatoms. The van der Waals surface area contributed by atoms with Gasteiger partial charge in [0.05, 0.1) is 29.4 Å². The molecule has 0 amide bonds. The van der Waals surface area contributed by atoms with Crippen LogP contribution in [0.2, 0.25) is 0 Å². The second-order valence-corrected chi connectivity index (χ2v) is 10.2. The maximum absolute atomic E-state index is 6.25. The normalized spacial score (nSPS) is 12.8. The third-order valence-electron chi connectivity index (χ3n) is 6.07. The first-order valence-electron chi connectivity index (χ1n) is 10.7. The van der Waals surface area contributed by atoms with E-state index in [9.17, 15) is 0 Å². The predicted molar refractivity (Wildman–Crippen MR) is 128 cm³/mol. The summed E-state index contributed by atoms with van der Waals surface area (Å²) in [6.07, 6.45) is 0.714. The van der Waals surface area contributed by atoms with Crippen LogP contribution in [0.5, 0.6) is 5.75 Å². The lowest BCUT2D eigenvalue weighted by atomic mass is 9.85. The number of ether oxygens (including phenoxy) is 1. The van der Waals surface area contributed by atoms with E-state index in [4.69, 9.17) is 20.7 Å². The molecular formula is C25H33N5O. The molecule has 0 spiro atoms. The minimum Gasteiger partial charge on any atom is -0.497 e. The van der Waals surface area contributed by atoms with Crippen LogP contribution in [0, 0.1) is 6.92 Å². The van der Waals surface area contributed by atoms with Crippen molar-refractivity contribution in [2.45, 2.75) is 58.9 Å². The highest BCUT2D eigenvalue weighted by atomic mass is 16.5. The number of nitrogen functional groups attached to an aromatic ring is 1. The number of anilines is 1. The van der Waals surface area contributed by atoms with Crippen LogP contribution in [0.25, 0.3) is 21.8 Å². The van der Waals surface area contributed by atoms with Crippen LogP contribution < -0.4 is 10.5 Å². The van der Waals surface area contributed by atoms with Gasteiger partial charge in [0, 0.05) is 24.2 Å². The zero-order chi connectivity index (χ0) is 22.7. The third kappa shape index (κ3) is 3.54. The molecule has 4 rings (SSSR count). The van der Waals surface area contributed by atoms with Crippen molar-refractivity contribution in [3.05, 3.63) is 47.2 Å². The number of nitrogens with zero attached hydrogens (tertiary/aromatic N) is 4. The van der Waals surface area contributed by atoms with Crippen LogP contribution in [0.1, 0.15) is 51.4 Å². The molecular weight excluding hydrogens is 386 g/mol. The summed E-state index contributed by atoms with van der Waals surface area (Å²) in [5.41, 5.74) is 11.5. The van der Waals surface area contributed by atoms with E-state index in [1.54, 1.807) is 7.11 Å². The summed E-state index contributed by atoms with van der Waals surface area (Å²) < 4.78 is 9.69. The highest BCUT2D eigenvalue weighted by Gasteiger charge is 2.29. The number of hydrogen-bond donors (Lipinski definition) is 1. The topological polar surface area (TPSA) is 70.9 Å². The van der Waals surface area contributed by atoms with Gasteiger partial charge in [0.1, 0.15) is 5.75 Å². The number of hydrogen-bond acceptors (Lipinski definition) is 4. The molecule has 2 aromatic heterocycles. The molecule has 0 saturated heterocycles. The number of nitrogens with two attached hydrogens (primary N) is 1. The smallest absolute Gasteiger partial charge is 0.153 e. The Labute approximate surface area is 184 Å². The summed E-state index contributed by atoms with van der Waals surface area (Å²) in [6.45, 7) is 13.1. The average Bonchev–Trinajstić information content (AvgIpc) is 3.17. The second-order valence-electron chi connectivity index (χ2n) is 10.2. The monoisotopic (exact) mass is 419 g/mol. The second kappa shape index (κ2) is 7.01. The first-order valence-corrected chi connectivity index (χ1v) is 10.7. The Morgan fingerprint density at radius 1 is 1.00 bits per heavy atom. The highest BCUT2D eigenvalue weighted by Crippen LogP contribution is 2.37. The van der Waals surface area contributed by atoms with Crippen LogP contribution in [-0.4, -0.2) is 26.7 Å². The van der Waals surface area contributed by atoms with E-state index in [0.717, 1.165) is 33.2 Å². The van der Waals surface area contributed by atoms with Crippen molar-refractivity contribution in [2.75, 3.05) is 12.8 Å². The standard InChI is InChI=1S/C25H33N5O/c1-15-9-10-17-21(11-15)30(28-23(17)26)25(5,6)14-20-18-12-16(31-8)13-19(24(2,3)4)22(18)29(7)27-20/h9-13H,14H2,1-8H3,(H2,26,28). The molecule has 31 heavy (non-hydrogen) atoms. The van der Waals surface area contributed by atoms with Gasteiger partial charge in [-0.1, -0.05) is 26.8 Å². The molecule has 0 aliphatic carbocycles. The van der Waals surface area contributed by atoms with E-state index < -0.39 is 0 Å². The maximum Gasteiger partial charge on any atom is 0.153 e. The SMILES string of the molecule is COc1cc(C(C)(C)C)c2c(c1)c(CC(C)(C)n1nc(N)c3ccc(C)cc31)nn2C. The Balaban J connectivity index is 1.88. The zero-order valence-corrected chi connectivity index (χ0v) is 19.9. The Hall–Kier alpha value is -3.02. The summed E-state index contributed by atoms with van der Waals surface area (Å²) >= 11 is 0. The Morgan fingerprint density at radius 2 is 1.71 bits per heavy atom. The van der Waals surface area contributed by atoms with Gasteiger partial charge in [-0.2, -0.15) is 10.2 Å². The molecule has 164 valence electrons. The van der Waals surface area contributed by atoms with Crippen molar-refractivity contribution in [1.82, 2.24) is 19.6 Å². The van der Waals surface area contributed by atoms with Gasteiger partial charge in [-0.3, -0.25) is 9.36 Å². The molecule has 2 aromatic carbocycles. The average molecular weight is 420 g/mol. The van der Waals surface area contributed by atoms with Gasteiger partial charge < -0.3 is 10.5 Å². The third-order valence-corrected chi connectivity index (χ3v) is 6.07. The molecule has 0 unspecified atom stereocenters. The first kappa shape index (κ1) is 21.2. The lowest BCUT2D eigenvalue weighted by Crippen LogP contribution is -2.30. The lowest BCUT2D eigenvalue weighted by molar-refractivity contribution is 0.326. The molecule has 2 heterocycles. The van der Waals surface area contributed by atoms with Crippen LogP contribution in [0.15, 0.2) is 30.3 Å². The van der Waals surface area contributed by atoms with E-state index in [2.05, 4.69) is 76.6 Å². The first-order chi connectivity index (χ1) is 14.4. The molecule has 0 bridgehead atoms. The number of aryl methyl sites for hydroxylation is 2.